The highest BCUT2D eigenvalue weighted by molar-refractivity contribution is 6.02. The number of para-hydroxylation sites is 1. The molecule has 0 radical (unpaired) electrons. The number of nitrogens with zero attached hydrogens (tertiary/aromatic N) is 1. The van der Waals surface area contributed by atoms with Gasteiger partial charge in [0.15, 0.2) is 6.04 Å². The predicted molar refractivity (Wildman–Crippen MR) is 144 cm³/mol. The molecule has 1 aliphatic heterocycles. The van der Waals surface area contributed by atoms with E-state index in [9.17, 15) is 9.59 Å². The maximum Gasteiger partial charge on any atom is 0.331 e. The van der Waals surface area contributed by atoms with Crippen LogP contribution in [-0.4, -0.2) is 25.2 Å². The Bertz CT molecular complexity index is 1380. The fraction of sp³-hybridized carbons (Fsp3) is 0.161. The fourth-order valence-corrected chi connectivity index (χ4v) is 4.50. The van der Waals surface area contributed by atoms with Crippen molar-refractivity contribution in [1.82, 2.24) is 5.32 Å². The molecule has 0 aromatic heterocycles. The van der Waals surface area contributed by atoms with Crippen molar-refractivity contribution >= 4 is 17.7 Å². The third-order valence-corrected chi connectivity index (χ3v) is 6.37. The molecule has 0 saturated carbocycles. The second-order valence-corrected chi connectivity index (χ2v) is 8.85. The van der Waals surface area contributed by atoms with E-state index in [1.807, 2.05) is 91.0 Å². The Kier molecular flexibility index (Phi) is 7.54. The molecule has 4 aromatic rings. The summed E-state index contributed by atoms with van der Waals surface area (Å²) in [6.07, 6.45) is 0. The van der Waals surface area contributed by atoms with E-state index in [1.54, 1.807) is 18.2 Å². The van der Waals surface area contributed by atoms with Crippen molar-refractivity contribution < 1.29 is 23.8 Å². The maximum atomic E-state index is 13.1. The first-order chi connectivity index (χ1) is 18.6. The molecule has 2 atom stereocenters. The molecule has 1 aliphatic rings. The molecular weight excluding hydrogens is 480 g/mol. The number of carbonyl (C=O) groups excluding carboxylic acids is 2. The summed E-state index contributed by atoms with van der Waals surface area (Å²) in [5, 5.41) is 2.97. The quantitative estimate of drug-likeness (QED) is 0.295. The number of urea groups is 1. The minimum Gasteiger partial charge on any atom is -0.489 e. The van der Waals surface area contributed by atoms with E-state index in [1.165, 1.54) is 12.0 Å². The van der Waals surface area contributed by atoms with Crippen LogP contribution in [0.25, 0.3) is 0 Å². The number of nitrogens with one attached hydrogen (secondary N) is 1. The van der Waals surface area contributed by atoms with E-state index in [0.717, 1.165) is 11.1 Å². The molecule has 0 spiro atoms. The number of hydrogen-bond acceptors (Lipinski definition) is 5. The molecule has 1 saturated heterocycles. The number of carbonyl (C=O) groups is 2. The third-order valence-electron chi connectivity index (χ3n) is 6.37. The first kappa shape index (κ1) is 24.9. The highest BCUT2D eigenvalue weighted by Crippen LogP contribution is 2.38. The lowest BCUT2D eigenvalue weighted by molar-refractivity contribution is -0.142. The van der Waals surface area contributed by atoms with Gasteiger partial charge in [0, 0.05) is 17.3 Å². The zero-order valence-electron chi connectivity index (χ0n) is 20.9. The molecule has 192 valence electrons. The molecular formula is C31H28N2O5. The molecule has 0 unspecified atom stereocenters. The number of ether oxygens (including phenoxy) is 3. The van der Waals surface area contributed by atoms with E-state index in [2.05, 4.69) is 5.32 Å². The summed E-state index contributed by atoms with van der Waals surface area (Å²) in [7, 11) is 1.32. The lowest BCUT2D eigenvalue weighted by Crippen LogP contribution is -2.41. The molecule has 2 amide bonds. The largest absolute Gasteiger partial charge is 0.489 e. The highest BCUT2D eigenvalue weighted by atomic mass is 16.5. The summed E-state index contributed by atoms with van der Waals surface area (Å²) < 4.78 is 17.4. The van der Waals surface area contributed by atoms with E-state index >= 15 is 0 Å². The minimum atomic E-state index is -0.926. The van der Waals surface area contributed by atoms with Gasteiger partial charge in [-0.2, -0.15) is 0 Å². The van der Waals surface area contributed by atoms with Gasteiger partial charge in [-0.25, -0.2) is 9.59 Å². The van der Waals surface area contributed by atoms with E-state index in [-0.39, 0.29) is 0 Å². The van der Waals surface area contributed by atoms with Crippen molar-refractivity contribution in [3.63, 3.8) is 0 Å². The third kappa shape index (κ3) is 5.47. The number of benzene rings is 4. The first-order valence-corrected chi connectivity index (χ1v) is 12.3. The molecule has 7 nitrogen and oxygen atoms in total. The Morgan fingerprint density at radius 3 is 1.97 bits per heavy atom. The SMILES string of the molecule is COC(=O)[C@H]1[C@@H](c2ccc(OCc3ccccc3)cc2OCc2ccccc2)NC(=O)N1c1ccccc1. The monoisotopic (exact) mass is 508 g/mol. The number of anilines is 1. The first-order valence-electron chi connectivity index (χ1n) is 12.3. The van der Waals surface area contributed by atoms with Crippen LogP contribution in [0, 0.1) is 0 Å². The predicted octanol–water partition coefficient (Wildman–Crippen LogP) is 5.66. The zero-order chi connectivity index (χ0) is 26.3. The fourth-order valence-electron chi connectivity index (χ4n) is 4.50. The second-order valence-electron chi connectivity index (χ2n) is 8.85. The summed E-state index contributed by atoms with van der Waals surface area (Å²) in [5.74, 6) is 0.587. The summed E-state index contributed by atoms with van der Waals surface area (Å²) in [4.78, 5) is 27.6. The Balaban J connectivity index is 1.48. The van der Waals surface area contributed by atoms with Gasteiger partial charge in [-0.05, 0) is 35.4 Å². The molecule has 7 heteroatoms. The molecule has 0 bridgehead atoms. The van der Waals surface area contributed by atoms with Crippen LogP contribution in [0.5, 0.6) is 11.5 Å². The van der Waals surface area contributed by atoms with Crippen molar-refractivity contribution in [1.29, 1.82) is 0 Å². The van der Waals surface area contributed by atoms with E-state index < -0.39 is 24.1 Å². The van der Waals surface area contributed by atoms with Gasteiger partial charge in [-0.3, -0.25) is 4.90 Å². The van der Waals surface area contributed by atoms with E-state index in [4.69, 9.17) is 14.2 Å². The van der Waals surface area contributed by atoms with Gasteiger partial charge in [0.2, 0.25) is 0 Å². The van der Waals surface area contributed by atoms with Gasteiger partial charge < -0.3 is 19.5 Å². The van der Waals surface area contributed by atoms with Crippen molar-refractivity contribution in [2.45, 2.75) is 25.3 Å². The van der Waals surface area contributed by atoms with Crippen molar-refractivity contribution in [3.05, 3.63) is 126 Å². The Labute approximate surface area is 221 Å². The topological polar surface area (TPSA) is 77.1 Å². The standard InChI is InChI=1S/C31H28N2O5/c1-36-30(34)29-28(32-31(35)33(29)24-15-9-4-10-16-24)26-18-17-25(37-20-22-11-5-2-6-12-22)19-27(26)38-21-23-13-7-3-8-14-23/h2-19,28-29H,20-21H2,1H3,(H,32,35)/t28-,29-/m1/s1. The van der Waals surface area contributed by atoms with E-state index in [0.29, 0.717) is 36.0 Å². The van der Waals surface area contributed by atoms with Crippen LogP contribution < -0.4 is 19.7 Å². The normalized spacial score (nSPS) is 16.6. The average molecular weight is 509 g/mol. The molecule has 1 heterocycles. The maximum absolute atomic E-state index is 13.1. The molecule has 4 aromatic carbocycles. The minimum absolute atomic E-state index is 0.307. The van der Waals surface area contributed by atoms with Gasteiger partial charge in [-0.15, -0.1) is 0 Å². The number of amides is 2. The van der Waals surface area contributed by atoms with Crippen molar-refractivity contribution in [3.8, 4) is 11.5 Å². The second kappa shape index (κ2) is 11.5. The van der Waals surface area contributed by atoms with Crippen LogP contribution in [0.1, 0.15) is 22.7 Å². The highest BCUT2D eigenvalue weighted by Gasteiger charge is 2.47. The van der Waals surface area contributed by atoms with Crippen LogP contribution in [0.4, 0.5) is 10.5 Å². The van der Waals surface area contributed by atoms with Gasteiger partial charge in [0.1, 0.15) is 24.7 Å². The molecule has 5 rings (SSSR count). The van der Waals surface area contributed by atoms with Gasteiger partial charge in [0.25, 0.3) is 0 Å². The summed E-state index contributed by atoms with van der Waals surface area (Å²) in [6.45, 7) is 0.701. The number of rotatable bonds is 9. The number of esters is 1. The van der Waals surface area contributed by atoms with Gasteiger partial charge >= 0.3 is 12.0 Å². The summed E-state index contributed by atoms with van der Waals surface area (Å²) in [6, 6.07) is 32.1. The summed E-state index contributed by atoms with van der Waals surface area (Å²) >= 11 is 0. The Morgan fingerprint density at radius 2 is 1.37 bits per heavy atom. The lowest BCUT2D eigenvalue weighted by atomic mass is 9.98. The molecule has 1 fully saturated rings. The van der Waals surface area contributed by atoms with Crippen LogP contribution in [-0.2, 0) is 22.7 Å². The van der Waals surface area contributed by atoms with Crippen LogP contribution in [0.3, 0.4) is 0 Å². The molecule has 0 aliphatic carbocycles. The number of hydrogen-bond donors (Lipinski definition) is 1. The average Bonchev–Trinajstić information content (AvgIpc) is 3.32. The Hall–Kier alpha value is -4.78. The van der Waals surface area contributed by atoms with Crippen LogP contribution in [0.2, 0.25) is 0 Å². The van der Waals surface area contributed by atoms with Crippen LogP contribution in [0.15, 0.2) is 109 Å². The molecule has 38 heavy (non-hydrogen) atoms. The lowest BCUT2D eigenvalue weighted by Gasteiger charge is -2.25. The van der Waals surface area contributed by atoms with Crippen molar-refractivity contribution in [2.24, 2.45) is 0 Å². The smallest absolute Gasteiger partial charge is 0.331 e. The Morgan fingerprint density at radius 1 is 0.789 bits per heavy atom. The summed E-state index contributed by atoms with van der Waals surface area (Å²) in [5.41, 5.74) is 3.27. The van der Waals surface area contributed by atoms with Gasteiger partial charge in [0.05, 0.1) is 13.2 Å². The van der Waals surface area contributed by atoms with Crippen molar-refractivity contribution in [2.75, 3.05) is 12.0 Å². The number of methoxy groups -OCH3 is 1. The van der Waals surface area contributed by atoms with Crippen LogP contribution >= 0.6 is 0 Å². The zero-order valence-corrected chi connectivity index (χ0v) is 20.9. The van der Waals surface area contributed by atoms with Gasteiger partial charge in [-0.1, -0.05) is 78.9 Å². The molecule has 1 N–H and O–H groups in total.